The first kappa shape index (κ1) is 25.8. The molecule has 7 nitrogen and oxygen atoms in total. The van der Waals surface area contributed by atoms with E-state index in [1.807, 2.05) is 6.92 Å². The molecule has 35 heavy (non-hydrogen) atoms. The number of hydrogen-bond acceptors (Lipinski definition) is 5. The number of rotatable bonds is 10. The zero-order chi connectivity index (χ0) is 25.4. The molecule has 0 aliphatic heterocycles. The Balaban J connectivity index is 1.77. The Hall–Kier alpha value is -3.79. The Morgan fingerprint density at radius 1 is 0.886 bits per heavy atom. The smallest absolute Gasteiger partial charge is 0.338 e. The SMILES string of the molecule is CCCCOC(=O)c1ccc(NC(=O)CN(c2ccc(F)cc2)S(=O)(=O)c2ccc(F)cc2)cc1. The van der Waals surface area contributed by atoms with E-state index < -0.39 is 40.1 Å². The number of anilines is 2. The van der Waals surface area contributed by atoms with Gasteiger partial charge in [-0.2, -0.15) is 0 Å². The number of carbonyl (C=O) groups excluding carboxylic acids is 2. The van der Waals surface area contributed by atoms with E-state index in [2.05, 4.69) is 5.32 Å². The van der Waals surface area contributed by atoms with Crippen molar-refractivity contribution in [3.05, 3.63) is 90.0 Å². The summed E-state index contributed by atoms with van der Waals surface area (Å²) in [6, 6.07) is 14.7. The minimum Gasteiger partial charge on any atom is -0.462 e. The van der Waals surface area contributed by atoms with Gasteiger partial charge in [-0.1, -0.05) is 13.3 Å². The number of ether oxygens (including phenoxy) is 1. The summed E-state index contributed by atoms with van der Waals surface area (Å²) >= 11 is 0. The van der Waals surface area contributed by atoms with Gasteiger partial charge in [0.1, 0.15) is 18.2 Å². The molecule has 0 fully saturated rings. The van der Waals surface area contributed by atoms with E-state index >= 15 is 0 Å². The van der Waals surface area contributed by atoms with E-state index in [0.29, 0.717) is 17.9 Å². The molecule has 3 aromatic rings. The van der Waals surface area contributed by atoms with Crippen LogP contribution < -0.4 is 9.62 Å². The summed E-state index contributed by atoms with van der Waals surface area (Å²) in [6.07, 6.45) is 1.65. The number of hydrogen-bond donors (Lipinski definition) is 1. The average Bonchev–Trinajstić information content (AvgIpc) is 2.84. The van der Waals surface area contributed by atoms with Crippen molar-refractivity contribution >= 4 is 33.3 Å². The third-order valence-electron chi connectivity index (χ3n) is 4.94. The molecular formula is C25H24F2N2O5S. The van der Waals surface area contributed by atoms with Crippen molar-refractivity contribution in [2.45, 2.75) is 24.7 Å². The highest BCUT2D eigenvalue weighted by molar-refractivity contribution is 7.92. The number of esters is 1. The number of nitrogens with zero attached hydrogens (tertiary/aromatic N) is 1. The summed E-state index contributed by atoms with van der Waals surface area (Å²) in [6.45, 7) is 1.66. The lowest BCUT2D eigenvalue weighted by Gasteiger charge is -2.24. The van der Waals surface area contributed by atoms with Crippen LogP contribution in [0.25, 0.3) is 0 Å². The van der Waals surface area contributed by atoms with E-state index in [-0.39, 0.29) is 10.6 Å². The summed E-state index contributed by atoms with van der Waals surface area (Å²) in [7, 11) is -4.28. The number of benzene rings is 3. The van der Waals surface area contributed by atoms with Crippen LogP contribution in [0.15, 0.2) is 77.7 Å². The Labute approximate surface area is 202 Å². The number of nitrogens with one attached hydrogen (secondary N) is 1. The van der Waals surface area contributed by atoms with E-state index in [4.69, 9.17) is 4.74 Å². The van der Waals surface area contributed by atoms with Gasteiger partial charge in [0.2, 0.25) is 5.91 Å². The maximum atomic E-state index is 13.4. The van der Waals surface area contributed by atoms with Crippen LogP contribution in [0.3, 0.4) is 0 Å². The maximum Gasteiger partial charge on any atom is 0.338 e. The molecule has 1 N–H and O–H groups in total. The average molecular weight is 503 g/mol. The second-order valence-corrected chi connectivity index (χ2v) is 9.42. The van der Waals surface area contributed by atoms with Gasteiger partial charge in [0.05, 0.1) is 22.8 Å². The Morgan fingerprint density at radius 2 is 1.46 bits per heavy atom. The van der Waals surface area contributed by atoms with Crippen molar-refractivity contribution < 1.29 is 31.5 Å². The van der Waals surface area contributed by atoms with Gasteiger partial charge < -0.3 is 10.1 Å². The molecule has 0 unspecified atom stereocenters. The normalized spacial score (nSPS) is 11.1. The van der Waals surface area contributed by atoms with Crippen LogP contribution in [0.4, 0.5) is 20.2 Å². The van der Waals surface area contributed by atoms with E-state index in [1.165, 1.54) is 36.4 Å². The molecule has 0 saturated heterocycles. The second-order valence-electron chi connectivity index (χ2n) is 7.56. The molecule has 3 aromatic carbocycles. The molecule has 0 radical (unpaired) electrons. The van der Waals surface area contributed by atoms with Crippen molar-refractivity contribution in [3.8, 4) is 0 Å². The Morgan fingerprint density at radius 3 is 2.03 bits per heavy atom. The molecule has 0 atom stereocenters. The maximum absolute atomic E-state index is 13.4. The largest absolute Gasteiger partial charge is 0.462 e. The van der Waals surface area contributed by atoms with Gasteiger partial charge in [0.25, 0.3) is 10.0 Å². The van der Waals surface area contributed by atoms with Crippen LogP contribution in [0.5, 0.6) is 0 Å². The monoisotopic (exact) mass is 502 g/mol. The minimum atomic E-state index is -4.28. The van der Waals surface area contributed by atoms with Crippen LogP contribution in [-0.2, 0) is 19.6 Å². The molecule has 0 spiro atoms. The Kier molecular flexibility index (Phi) is 8.53. The van der Waals surface area contributed by atoms with Gasteiger partial charge in [-0.25, -0.2) is 22.0 Å². The van der Waals surface area contributed by atoms with Crippen LogP contribution >= 0.6 is 0 Å². The van der Waals surface area contributed by atoms with Crippen molar-refractivity contribution in [3.63, 3.8) is 0 Å². The third-order valence-corrected chi connectivity index (χ3v) is 6.73. The van der Waals surface area contributed by atoms with Gasteiger partial charge in [0, 0.05) is 5.69 Å². The fourth-order valence-corrected chi connectivity index (χ4v) is 4.49. The van der Waals surface area contributed by atoms with Gasteiger partial charge in [-0.3, -0.25) is 9.10 Å². The lowest BCUT2D eigenvalue weighted by Crippen LogP contribution is -2.38. The molecule has 0 aliphatic rings. The van der Waals surface area contributed by atoms with E-state index in [9.17, 15) is 26.8 Å². The molecule has 184 valence electrons. The van der Waals surface area contributed by atoms with Crippen molar-refractivity contribution in [2.75, 3.05) is 22.8 Å². The standard InChI is InChI=1S/C25H24F2N2O5S/c1-2-3-16-34-25(31)18-4-10-21(11-5-18)28-24(30)17-29(22-12-6-19(26)7-13-22)35(32,33)23-14-8-20(27)9-15-23/h4-15H,2-3,16-17H2,1H3,(H,28,30). The van der Waals surface area contributed by atoms with E-state index in [0.717, 1.165) is 53.5 Å². The zero-order valence-corrected chi connectivity index (χ0v) is 19.7. The number of sulfonamides is 1. The quantitative estimate of drug-likeness (QED) is 0.319. The summed E-state index contributed by atoms with van der Waals surface area (Å²) < 4.78 is 59.1. The highest BCUT2D eigenvalue weighted by Crippen LogP contribution is 2.24. The molecule has 0 heterocycles. The number of unbranched alkanes of at least 4 members (excludes halogenated alkanes) is 1. The fourth-order valence-electron chi connectivity index (χ4n) is 3.07. The van der Waals surface area contributed by atoms with Crippen LogP contribution in [-0.4, -0.2) is 33.4 Å². The first-order valence-corrected chi connectivity index (χ1v) is 12.3. The number of halogens is 2. The lowest BCUT2D eigenvalue weighted by atomic mass is 10.2. The van der Waals surface area contributed by atoms with Crippen molar-refractivity contribution in [2.24, 2.45) is 0 Å². The molecule has 0 aromatic heterocycles. The van der Waals surface area contributed by atoms with E-state index in [1.54, 1.807) is 0 Å². The van der Waals surface area contributed by atoms with Crippen LogP contribution in [0.2, 0.25) is 0 Å². The van der Waals surface area contributed by atoms with Gasteiger partial charge in [-0.05, 0) is 79.2 Å². The van der Waals surface area contributed by atoms with Crippen LogP contribution in [0, 0.1) is 11.6 Å². The summed E-state index contributed by atoms with van der Waals surface area (Å²) in [5, 5.41) is 2.57. The lowest BCUT2D eigenvalue weighted by molar-refractivity contribution is -0.114. The summed E-state index contributed by atoms with van der Waals surface area (Å²) in [5.41, 5.74) is 0.695. The molecule has 10 heteroatoms. The molecular weight excluding hydrogens is 478 g/mol. The van der Waals surface area contributed by atoms with Crippen LogP contribution in [0.1, 0.15) is 30.1 Å². The first-order valence-electron chi connectivity index (χ1n) is 10.8. The summed E-state index contributed by atoms with van der Waals surface area (Å²) in [4.78, 5) is 24.5. The minimum absolute atomic E-state index is 0.0519. The zero-order valence-electron chi connectivity index (χ0n) is 18.9. The predicted octanol–water partition coefficient (Wildman–Crippen LogP) is 4.76. The van der Waals surface area contributed by atoms with Crippen molar-refractivity contribution in [1.82, 2.24) is 0 Å². The number of amides is 1. The van der Waals surface area contributed by atoms with Gasteiger partial charge in [0.15, 0.2) is 0 Å². The highest BCUT2D eigenvalue weighted by atomic mass is 32.2. The number of carbonyl (C=O) groups is 2. The van der Waals surface area contributed by atoms with Gasteiger partial charge in [-0.15, -0.1) is 0 Å². The highest BCUT2D eigenvalue weighted by Gasteiger charge is 2.27. The second kappa shape index (κ2) is 11.6. The molecule has 0 aliphatic carbocycles. The van der Waals surface area contributed by atoms with Gasteiger partial charge >= 0.3 is 5.97 Å². The summed E-state index contributed by atoms with van der Waals surface area (Å²) in [5.74, 6) is -2.36. The Bertz CT molecular complexity index is 1260. The van der Waals surface area contributed by atoms with Crippen molar-refractivity contribution in [1.29, 1.82) is 0 Å². The fraction of sp³-hybridized carbons (Fsp3) is 0.200. The third kappa shape index (κ3) is 6.86. The molecule has 0 bridgehead atoms. The topological polar surface area (TPSA) is 92.8 Å². The molecule has 3 rings (SSSR count). The molecule has 0 saturated carbocycles. The molecule has 1 amide bonds. The first-order chi connectivity index (χ1) is 16.7. The predicted molar refractivity (Wildman–Crippen MR) is 128 cm³/mol.